The summed E-state index contributed by atoms with van der Waals surface area (Å²) in [7, 11) is 0. The van der Waals surface area contributed by atoms with Crippen molar-refractivity contribution in [2.45, 2.75) is 180 Å². The number of rotatable bonds is 29. The Bertz CT molecular complexity index is 599. The van der Waals surface area contributed by atoms with Crippen LogP contribution in [0.1, 0.15) is 168 Å². The van der Waals surface area contributed by atoms with Crippen LogP contribution in [0.5, 0.6) is 0 Å². The van der Waals surface area contributed by atoms with Crippen LogP contribution in [0, 0.1) is 0 Å². The lowest BCUT2D eigenvalue weighted by Crippen LogP contribution is -2.40. The molecule has 0 aromatic heterocycles. The van der Waals surface area contributed by atoms with Crippen LogP contribution >= 0.6 is 0 Å². The van der Waals surface area contributed by atoms with Crippen molar-refractivity contribution in [3.63, 3.8) is 0 Å². The maximum atomic E-state index is 12.4. The zero-order chi connectivity index (χ0) is 29.0. The summed E-state index contributed by atoms with van der Waals surface area (Å²) in [6, 6.07) is -0.867. The molecular formula is C32H62N2O5. The number of nitrogens with two attached hydrogens (primary N) is 1. The molecule has 0 aromatic carbocycles. The predicted octanol–water partition coefficient (Wildman–Crippen LogP) is 7.83. The van der Waals surface area contributed by atoms with E-state index in [-0.39, 0.29) is 18.0 Å². The highest BCUT2D eigenvalue weighted by atomic mass is 16.5. The van der Waals surface area contributed by atoms with E-state index in [4.69, 9.17) is 10.5 Å². The molecule has 0 bridgehead atoms. The Balaban J connectivity index is 3.93. The number of ether oxygens (including phenoxy) is 1. The molecule has 0 aromatic rings. The molecule has 0 saturated heterocycles. The zero-order valence-corrected chi connectivity index (χ0v) is 25.5. The fourth-order valence-corrected chi connectivity index (χ4v) is 4.91. The first-order chi connectivity index (χ1) is 18.9. The number of amides is 1. The third-order valence-corrected chi connectivity index (χ3v) is 7.42. The van der Waals surface area contributed by atoms with E-state index >= 15 is 0 Å². The lowest BCUT2D eigenvalue weighted by atomic mass is 10.0. The number of carboxylic acids is 1. The van der Waals surface area contributed by atoms with E-state index in [0.717, 1.165) is 51.4 Å². The Hall–Kier alpha value is -1.63. The van der Waals surface area contributed by atoms with E-state index in [1.165, 1.54) is 70.6 Å². The van der Waals surface area contributed by atoms with Gasteiger partial charge in [-0.2, -0.15) is 0 Å². The van der Waals surface area contributed by atoms with Gasteiger partial charge >= 0.3 is 11.9 Å². The van der Waals surface area contributed by atoms with Crippen LogP contribution in [0.15, 0.2) is 0 Å². The van der Waals surface area contributed by atoms with Gasteiger partial charge in [0.15, 0.2) is 0 Å². The molecule has 2 atom stereocenters. The maximum Gasteiger partial charge on any atom is 0.326 e. The van der Waals surface area contributed by atoms with Crippen molar-refractivity contribution in [2.75, 3.05) is 6.54 Å². The lowest BCUT2D eigenvalue weighted by molar-refractivity contribution is -0.150. The quantitative estimate of drug-likeness (QED) is 0.0640. The number of unbranched alkanes of at least 4 members (excludes halogenated alkanes) is 15. The second kappa shape index (κ2) is 27.9. The van der Waals surface area contributed by atoms with Crippen LogP contribution in [0.25, 0.3) is 0 Å². The van der Waals surface area contributed by atoms with Gasteiger partial charge < -0.3 is 20.9 Å². The molecule has 0 aliphatic heterocycles. The van der Waals surface area contributed by atoms with E-state index in [1.807, 2.05) is 0 Å². The predicted molar refractivity (Wildman–Crippen MR) is 161 cm³/mol. The summed E-state index contributed by atoms with van der Waals surface area (Å²) in [4.78, 5) is 35.8. The highest BCUT2D eigenvalue weighted by Crippen LogP contribution is 2.17. The molecule has 0 aliphatic rings. The molecule has 0 saturated carbocycles. The summed E-state index contributed by atoms with van der Waals surface area (Å²) in [6.45, 7) is 4.81. The summed E-state index contributed by atoms with van der Waals surface area (Å²) >= 11 is 0. The topological polar surface area (TPSA) is 119 Å². The van der Waals surface area contributed by atoms with Gasteiger partial charge in [-0.05, 0) is 51.5 Å². The molecule has 7 nitrogen and oxygen atoms in total. The number of carboxylic acid groups (broad SMARTS) is 1. The summed E-state index contributed by atoms with van der Waals surface area (Å²) in [5.41, 5.74) is 5.44. The minimum Gasteiger partial charge on any atom is -0.480 e. The Morgan fingerprint density at radius 3 is 1.67 bits per heavy atom. The minimum atomic E-state index is -1.02. The average molecular weight is 555 g/mol. The summed E-state index contributed by atoms with van der Waals surface area (Å²) in [5.74, 6) is -1.32. The molecule has 7 heteroatoms. The lowest BCUT2D eigenvalue weighted by Gasteiger charge is -2.18. The number of carbonyl (C=O) groups is 3. The third-order valence-electron chi connectivity index (χ3n) is 7.42. The van der Waals surface area contributed by atoms with Gasteiger partial charge in [0.05, 0.1) is 0 Å². The van der Waals surface area contributed by atoms with E-state index in [2.05, 4.69) is 19.2 Å². The molecule has 0 rings (SSSR count). The van der Waals surface area contributed by atoms with Crippen molar-refractivity contribution < 1.29 is 24.2 Å². The molecular weight excluding hydrogens is 492 g/mol. The van der Waals surface area contributed by atoms with Crippen LogP contribution in [0.4, 0.5) is 0 Å². The van der Waals surface area contributed by atoms with Gasteiger partial charge in [0.25, 0.3) is 0 Å². The summed E-state index contributed by atoms with van der Waals surface area (Å²) in [5, 5.41) is 11.8. The van der Waals surface area contributed by atoms with Crippen molar-refractivity contribution in [1.29, 1.82) is 0 Å². The van der Waals surface area contributed by atoms with Crippen molar-refractivity contribution >= 4 is 17.8 Å². The minimum absolute atomic E-state index is 0.0408. The smallest absolute Gasteiger partial charge is 0.326 e. The Morgan fingerprint density at radius 2 is 1.13 bits per heavy atom. The highest BCUT2D eigenvalue weighted by molar-refractivity contribution is 5.83. The van der Waals surface area contributed by atoms with Gasteiger partial charge in [0, 0.05) is 12.8 Å². The molecule has 0 radical (unpaired) electrons. The second-order valence-corrected chi connectivity index (χ2v) is 11.2. The summed E-state index contributed by atoms with van der Waals surface area (Å²) in [6.07, 6.45) is 24.7. The maximum absolute atomic E-state index is 12.4. The van der Waals surface area contributed by atoms with E-state index in [9.17, 15) is 19.5 Å². The van der Waals surface area contributed by atoms with Crippen molar-refractivity contribution in [3.8, 4) is 0 Å². The van der Waals surface area contributed by atoms with Gasteiger partial charge in [0.2, 0.25) is 5.91 Å². The molecule has 2 unspecified atom stereocenters. The number of hydrogen-bond acceptors (Lipinski definition) is 5. The third kappa shape index (κ3) is 25.1. The molecule has 0 aliphatic carbocycles. The van der Waals surface area contributed by atoms with Gasteiger partial charge in [-0.3, -0.25) is 9.59 Å². The first kappa shape index (κ1) is 37.4. The van der Waals surface area contributed by atoms with E-state index in [0.29, 0.717) is 38.6 Å². The van der Waals surface area contributed by atoms with Crippen LogP contribution in [0.3, 0.4) is 0 Å². The Morgan fingerprint density at radius 1 is 0.641 bits per heavy atom. The number of carbonyl (C=O) groups excluding carboxylic acids is 2. The van der Waals surface area contributed by atoms with Gasteiger partial charge in [-0.15, -0.1) is 0 Å². The van der Waals surface area contributed by atoms with Crippen LogP contribution in [0.2, 0.25) is 0 Å². The molecule has 0 fully saturated rings. The Kier molecular flexibility index (Phi) is 26.8. The van der Waals surface area contributed by atoms with E-state index < -0.39 is 12.0 Å². The number of nitrogens with one attached hydrogen (secondary N) is 1. The molecule has 0 spiro atoms. The van der Waals surface area contributed by atoms with Crippen LogP contribution in [-0.4, -0.2) is 41.6 Å². The molecule has 230 valence electrons. The van der Waals surface area contributed by atoms with Gasteiger partial charge in [0.1, 0.15) is 12.1 Å². The van der Waals surface area contributed by atoms with E-state index in [1.54, 1.807) is 0 Å². The standard InChI is InChI=1S/C32H62N2O5/c1-3-5-7-8-9-10-11-12-13-14-15-16-20-26-31(36)39-28(22-6-4-2)23-18-17-19-25-30(35)34-29(32(37)38)24-21-27-33/h28-29H,3-27,33H2,1-2H3,(H,34,35)(H,37,38). The number of esters is 1. The second-order valence-electron chi connectivity index (χ2n) is 11.2. The Labute approximate surface area is 239 Å². The summed E-state index contributed by atoms with van der Waals surface area (Å²) < 4.78 is 5.81. The largest absolute Gasteiger partial charge is 0.480 e. The first-order valence-corrected chi connectivity index (χ1v) is 16.4. The van der Waals surface area contributed by atoms with Crippen molar-refractivity contribution in [3.05, 3.63) is 0 Å². The van der Waals surface area contributed by atoms with Crippen LogP contribution < -0.4 is 11.1 Å². The van der Waals surface area contributed by atoms with Gasteiger partial charge in [-0.1, -0.05) is 110 Å². The highest BCUT2D eigenvalue weighted by Gasteiger charge is 2.19. The molecule has 0 heterocycles. The average Bonchev–Trinajstić information content (AvgIpc) is 2.91. The molecule has 39 heavy (non-hydrogen) atoms. The fourth-order valence-electron chi connectivity index (χ4n) is 4.91. The van der Waals surface area contributed by atoms with Crippen LogP contribution in [-0.2, 0) is 19.1 Å². The monoisotopic (exact) mass is 554 g/mol. The normalized spacial score (nSPS) is 12.7. The van der Waals surface area contributed by atoms with Gasteiger partial charge in [-0.25, -0.2) is 4.79 Å². The molecule has 1 amide bonds. The van der Waals surface area contributed by atoms with Crippen molar-refractivity contribution in [2.24, 2.45) is 5.73 Å². The van der Waals surface area contributed by atoms with Crippen molar-refractivity contribution in [1.82, 2.24) is 5.32 Å². The SMILES string of the molecule is CCCCCCCCCCCCCCCC(=O)OC(CCCC)CCCCCC(=O)NC(CCCN)C(=O)O. The zero-order valence-electron chi connectivity index (χ0n) is 25.5. The fraction of sp³-hybridized carbons (Fsp3) is 0.906. The first-order valence-electron chi connectivity index (χ1n) is 16.4. The number of aliphatic carboxylic acids is 1. The molecule has 4 N–H and O–H groups in total. The number of hydrogen-bond donors (Lipinski definition) is 3.